The monoisotopic (exact) mass is 523 g/mol. The van der Waals surface area contributed by atoms with Gasteiger partial charge in [-0.2, -0.15) is 0 Å². The number of rotatable bonds is 10. The molecule has 0 aliphatic heterocycles. The Hall–Kier alpha value is -3.86. The number of phenolic OH excluding ortho intramolecular Hbond substituents is 1. The van der Waals surface area contributed by atoms with Gasteiger partial charge in [0.05, 0.1) is 34.1 Å². The van der Waals surface area contributed by atoms with Crippen LogP contribution in [0.1, 0.15) is 11.1 Å². The van der Waals surface area contributed by atoms with E-state index in [1.54, 1.807) is 42.5 Å². The summed E-state index contributed by atoms with van der Waals surface area (Å²) in [5, 5.41) is 10.7. The molecule has 0 radical (unpaired) electrons. The number of halogens is 3. The molecule has 0 fully saturated rings. The molecule has 7 nitrogen and oxygen atoms in total. The Labute approximate surface area is 210 Å². The van der Waals surface area contributed by atoms with Crippen LogP contribution in [-0.2, 0) is 0 Å². The van der Waals surface area contributed by atoms with Crippen molar-refractivity contribution in [1.82, 2.24) is 0 Å². The number of nitrogens with one attached hydrogen (secondary N) is 1. The van der Waals surface area contributed by atoms with Crippen LogP contribution in [0.4, 0.5) is 18.9 Å². The largest absolute Gasteiger partial charge is 0.573 e. The molecule has 0 spiro atoms. The molecule has 0 aromatic heterocycles. The van der Waals surface area contributed by atoms with Gasteiger partial charge in [-0.3, -0.25) is 0 Å². The molecule has 11 heteroatoms. The van der Waals surface area contributed by atoms with E-state index < -0.39 is 6.36 Å². The highest BCUT2D eigenvalue weighted by Gasteiger charge is 2.31. The molecule has 0 saturated carbocycles. The predicted molar refractivity (Wildman–Crippen MR) is 132 cm³/mol. The van der Waals surface area contributed by atoms with Gasteiger partial charge in [-0.1, -0.05) is 18.2 Å². The molecule has 0 unspecified atom stereocenters. The van der Waals surface area contributed by atoms with Gasteiger partial charge in [-0.05, 0) is 60.0 Å². The molecule has 0 bridgehead atoms. The van der Waals surface area contributed by atoms with Gasteiger partial charge in [0.25, 0.3) is 0 Å². The molecule has 3 rings (SSSR count). The van der Waals surface area contributed by atoms with E-state index in [0.717, 1.165) is 17.5 Å². The summed E-state index contributed by atoms with van der Waals surface area (Å²) in [6, 6.07) is 12.3. The van der Waals surface area contributed by atoms with Crippen LogP contribution in [0.15, 0.2) is 53.4 Å². The molecule has 3 aromatic carbocycles. The maximum Gasteiger partial charge on any atom is 0.573 e. The number of phenols is 1. The lowest BCUT2D eigenvalue weighted by molar-refractivity contribution is -0.274. The minimum Gasteiger partial charge on any atom is -0.503 e. The van der Waals surface area contributed by atoms with Crippen molar-refractivity contribution < 1.29 is 42.0 Å². The summed E-state index contributed by atoms with van der Waals surface area (Å²) in [5.74, 6) is 1.10. The first kappa shape index (κ1) is 26.7. The van der Waals surface area contributed by atoms with Crippen LogP contribution in [0.2, 0.25) is 0 Å². The fourth-order valence-electron chi connectivity index (χ4n) is 3.23. The van der Waals surface area contributed by atoms with Gasteiger partial charge in [-0.15, -0.1) is 13.2 Å². The van der Waals surface area contributed by atoms with Crippen LogP contribution in [0, 0.1) is 0 Å². The van der Waals surface area contributed by atoms with Crippen molar-refractivity contribution >= 4 is 29.8 Å². The van der Waals surface area contributed by atoms with E-state index in [-0.39, 0.29) is 17.2 Å². The summed E-state index contributed by atoms with van der Waals surface area (Å²) in [6.07, 6.45) is -1.28. The SMILES string of the molecule is COc1ccc(/C=C\c2cc(OC)c(OC)c(OC)c2)c(NSc2cccc(OC(F)(F)F)c2)c1O. The Balaban J connectivity index is 1.91. The second kappa shape index (κ2) is 11.7. The van der Waals surface area contributed by atoms with E-state index in [0.29, 0.717) is 33.4 Å². The Morgan fingerprint density at radius 1 is 0.833 bits per heavy atom. The minimum absolute atomic E-state index is 0.167. The standard InChI is InChI=1S/C25H24F3NO6S/c1-31-19-11-10-16(9-8-15-12-20(32-2)24(34-4)21(13-15)33-3)22(23(19)30)29-36-18-7-5-6-17(14-18)35-25(26,27)28/h5-14,29-30H,1-4H3/b9-8-. The zero-order chi connectivity index (χ0) is 26.3. The summed E-state index contributed by atoms with van der Waals surface area (Å²) in [5.41, 5.74) is 1.61. The molecule has 0 saturated heterocycles. The molecule has 0 heterocycles. The quantitative estimate of drug-likeness (QED) is 0.175. The first-order valence-corrected chi connectivity index (χ1v) is 11.2. The lowest BCUT2D eigenvalue weighted by Crippen LogP contribution is -2.17. The highest BCUT2D eigenvalue weighted by molar-refractivity contribution is 8.00. The van der Waals surface area contributed by atoms with E-state index in [1.165, 1.54) is 46.6 Å². The van der Waals surface area contributed by atoms with E-state index in [2.05, 4.69) is 9.46 Å². The highest BCUT2D eigenvalue weighted by atomic mass is 32.2. The topological polar surface area (TPSA) is 78.4 Å². The molecule has 36 heavy (non-hydrogen) atoms. The Bertz CT molecular complexity index is 1210. The number of ether oxygens (including phenoxy) is 5. The third-order valence-electron chi connectivity index (χ3n) is 4.85. The van der Waals surface area contributed by atoms with Crippen LogP contribution in [0.25, 0.3) is 12.2 Å². The summed E-state index contributed by atoms with van der Waals surface area (Å²) in [6.45, 7) is 0. The maximum absolute atomic E-state index is 12.6. The Kier molecular flexibility index (Phi) is 8.70. The highest BCUT2D eigenvalue weighted by Crippen LogP contribution is 2.42. The third kappa shape index (κ3) is 6.63. The van der Waals surface area contributed by atoms with E-state index in [1.807, 2.05) is 0 Å². The van der Waals surface area contributed by atoms with Gasteiger partial charge in [0.1, 0.15) is 5.75 Å². The number of hydrogen-bond acceptors (Lipinski definition) is 8. The van der Waals surface area contributed by atoms with Gasteiger partial charge >= 0.3 is 6.36 Å². The molecule has 3 aromatic rings. The Morgan fingerprint density at radius 2 is 1.50 bits per heavy atom. The van der Waals surface area contributed by atoms with Gasteiger partial charge < -0.3 is 33.5 Å². The molecule has 0 aliphatic carbocycles. The maximum atomic E-state index is 12.6. The van der Waals surface area contributed by atoms with Crippen molar-refractivity contribution in [3.8, 4) is 34.5 Å². The lowest BCUT2D eigenvalue weighted by atomic mass is 10.1. The fraction of sp³-hybridized carbons (Fsp3) is 0.200. The van der Waals surface area contributed by atoms with E-state index in [9.17, 15) is 18.3 Å². The van der Waals surface area contributed by atoms with E-state index in [4.69, 9.17) is 18.9 Å². The molecular weight excluding hydrogens is 499 g/mol. The van der Waals surface area contributed by atoms with Gasteiger partial charge in [0.2, 0.25) is 5.75 Å². The first-order chi connectivity index (χ1) is 17.2. The van der Waals surface area contributed by atoms with Crippen molar-refractivity contribution in [3.63, 3.8) is 0 Å². The average Bonchev–Trinajstić information content (AvgIpc) is 2.85. The zero-order valence-corrected chi connectivity index (χ0v) is 20.6. The molecule has 2 N–H and O–H groups in total. The van der Waals surface area contributed by atoms with Crippen LogP contribution in [0.5, 0.6) is 34.5 Å². The summed E-state index contributed by atoms with van der Waals surface area (Å²) in [4.78, 5) is 0.429. The van der Waals surface area contributed by atoms with Crippen molar-refractivity contribution in [2.24, 2.45) is 0 Å². The molecular formula is C25H24F3NO6S. The normalized spacial score (nSPS) is 11.3. The van der Waals surface area contributed by atoms with Gasteiger partial charge in [0, 0.05) is 10.5 Å². The van der Waals surface area contributed by atoms with Gasteiger partial charge in [0.15, 0.2) is 23.0 Å². The molecule has 192 valence electrons. The van der Waals surface area contributed by atoms with E-state index >= 15 is 0 Å². The second-order valence-corrected chi connectivity index (χ2v) is 7.98. The second-order valence-electron chi connectivity index (χ2n) is 7.10. The Morgan fingerprint density at radius 3 is 2.08 bits per heavy atom. The number of alkyl halides is 3. The van der Waals surface area contributed by atoms with Crippen molar-refractivity contribution in [2.45, 2.75) is 11.3 Å². The summed E-state index contributed by atoms with van der Waals surface area (Å²) < 4.78 is 65.9. The third-order valence-corrected chi connectivity index (χ3v) is 5.64. The number of aromatic hydroxyl groups is 1. The average molecular weight is 524 g/mol. The van der Waals surface area contributed by atoms with Crippen LogP contribution in [0.3, 0.4) is 0 Å². The zero-order valence-electron chi connectivity index (χ0n) is 19.8. The van der Waals surface area contributed by atoms with Crippen molar-refractivity contribution in [2.75, 3.05) is 33.2 Å². The smallest absolute Gasteiger partial charge is 0.503 e. The summed E-state index contributed by atoms with van der Waals surface area (Å²) >= 11 is 0.997. The van der Waals surface area contributed by atoms with Crippen molar-refractivity contribution in [1.29, 1.82) is 0 Å². The van der Waals surface area contributed by atoms with Crippen LogP contribution in [-0.4, -0.2) is 39.9 Å². The van der Waals surface area contributed by atoms with Crippen molar-refractivity contribution in [3.05, 3.63) is 59.7 Å². The lowest BCUT2D eigenvalue weighted by Gasteiger charge is -2.15. The van der Waals surface area contributed by atoms with Crippen LogP contribution >= 0.6 is 11.9 Å². The minimum atomic E-state index is -4.80. The predicted octanol–water partition coefficient (Wildman–Crippen LogP) is 6.61. The number of benzene rings is 3. The van der Waals surface area contributed by atoms with Gasteiger partial charge in [-0.25, -0.2) is 0 Å². The first-order valence-electron chi connectivity index (χ1n) is 10.4. The molecule has 0 atom stereocenters. The molecule has 0 amide bonds. The number of anilines is 1. The fourth-order valence-corrected chi connectivity index (χ4v) is 3.98. The number of hydrogen-bond donors (Lipinski definition) is 2. The van der Waals surface area contributed by atoms with Crippen LogP contribution < -0.4 is 28.4 Å². The molecule has 0 aliphatic rings. The summed E-state index contributed by atoms with van der Waals surface area (Å²) in [7, 11) is 5.95. The number of methoxy groups -OCH3 is 4.